The van der Waals surface area contributed by atoms with Crippen LogP contribution in [-0.4, -0.2) is 7.11 Å². The van der Waals surface area contributed by atoms with Crippen molar-refractivity contribution in [1.29, 1.82) is 0 Å². The highest BCUT2D eigenvalue weighted by Gasteiger charge is 2.30. The van der Waals surface area contributed by atoms with E-state index < -0.39 is 17.6 Å². The predicted molar refractivity (Wildman–Crippen MR) is 69.2 cm³/mol. The van der Waals surface area contributed by atoms with Gasteiger partial charge >= 0.3 is 6.18 Å². The van der Waals surface area contributed by atoms with E-state index in [2.05, 4.69) is 0 Å². The molecule has 0 aliphatic heterocycles. The van der Waals surface area contributed by atoms with Gasteiger partial charge in [0.05, 0.1) is 12.7 Å². The molecule has 0 bridgehead atoms. The second kappa shape index (κ2) is 5.63. The first kappa shape index (κ1) is 15.2. The summed E-state index contributed by atoms with van der Waals surface area (Å²) in [7, 11) is 1.32. The number of ether oxygens (including phenoxy) is 2. The Hall–Kier alpha value is -2.24. The van der Waals surface area contributed by atoms with Gasteiger partial charge in [0.25, 0.3) is 0 Å². The zero-order valence-corrected chi connectivity index (χ0v) is 11.3. The fourth-order valence-electron chi connectivity index (χ4n) is 1.76. The van der Waals surface area contributed by atoms with Crippen LogP contribution in [-0.2, 0) is 6.18 Å². The van der Waals surface area contributed by atoms with Crippen molar-refractivity contribution in [2.75, 3.05) is 7.11 Å². The van der Waals surface area contributed by atoms with Crippen LogP contribution in [0.2, 0.25) is 0 Å². The van der Waals surface area contributed by atoms with Gasteiger partial charge in [-0.3, -0.25) is 0 Å². The quantitative estimate of drug-likeness (QED) is 0.746. The second-order valence-corrected chi connectivity index (χ2v) is 4.38. The Bertz CT molecular complexity index is 633. The van der Waals surface area contributed by atoms with Gasteiger partial charge in [-0.1, -0.05) is 0 Å². The van der Waals surface area contributed by atoms with Crippen molar-refractivity contribution >= 4 is 0 Å². The van der Waals surface area contributed by atoms with Crippen LogP contribution in [0, 0.1) is 12.7 Å². The molecular formula is C15H12F4O2. The molecule has 2 aromatic rings. The molecule has 0 aliphatic carbocycles. The molecule has 0 fully saturated rings. The molecule has 6 heteroatoms. The van der Waals surface area contributed by atoms with E-state index in [9.17, 15) is 17.6 Å². The minimum Gasteiger partial charge on any atom is -0.494 e. The van der Waals surface area contributed by atoms with Crippen LogP contribution in [0.5, 0.6) is 17.2 Å². The lowest BCUT2D eigenvalue weighted by atomic mass is 10.2. The van der Waals surface area contributed by atoms with E-state index in [1.54, 1.807) is 0 Å². The average molecular weight is 300 g/mol. The zero-order valence-electron chi connectivity index (χ0n) is 11.3. The summed E-state index contributed by atoms with van der Waals surface area (Å²) in [4.78, 5) is 0. The first-order valence-corrected chi connectivity index (χ1v) is 6.00. The van der Waals surface area contributed by atoms with Gasteiger partial charge in [-0.2, -0.15) is 13.2 Å². The highest BCUT2D eigenvalue weighted by molar-refractivity contribution is 5.42. The van der Waals surface area contributed by atoms with E-state index in [0.717, 1.165) is 12.1 Å². The summed E-state index contributed by atoms with van der Waals surface area (Å²) in [6, 6.07) is 7.02. The number of halogens is 4. The fraction of sp³-hybridized carbons (Fsp3) is 0.200. The van der Waals surface area contributed by atoms with Crippen LogP contribution >= 0.6 is 0 Å². The normalized spacial score (nSPS) is 11.3. The maximum absolute atomic E-state index is 13.6. The third-order valence-corrected chi connectivity index (χ3v) is 2.83. The monoisotopic (exact) mass is 300 g/mol. The van der Waals surface area contributed by atoms with Crippen molar-refractivity contribution in [3.8, 4) is 17.2 Å². The van der Waals surface area contributed by atoms with E-state index >= 15 is 0 Å². The number of hydrogen-bond acceptors (Lipinski definition) is 2. The zero-order chi connectivity index (χ0) is 15.6. The summed E-state index contributed by atoms with van der Waals surface area (Å²) < 4.78 is 61.2. The third-order valence-electron chi connectivity index (χ3n) is 2.83. The largest absolute Gasteiger partial charge is 0.494 e. The molecule has 0 N–H and O–H groups in total. The van der Waals surface area contributed by atoms with Gasteiger partial charge in [0, 0.05) is 6.07 Å². The lowest BCUT2D eigenvalue weighted by Gasteiger charge is -2.11. The minimum absolute atomic E-state index is 0.0110. The summed E-state index contributed by atoms with van der Waals surface area (Å²) in [5.41, 5.74) is -0.445. The third kappa shape index (κ3) is 3.45. The maximum atomic E-state index is 13.6. The van der Waals surface area contributed by atoms with E-state index in [1.807, 2.05) is 0 Å². The summed E-state index contributed by atoms with van der Waals surface area (Å²) in [6.45, 7) is 1.54. The molecule has 112 valence electrons. The van der Waals surface area contributed by atoms with Crippen molar-refractivity contribution in [3.05, 3.63) is 53.3 Å². The number of rotatable bonds is 3. The molecule has 0 saturated carbocycles. The first-order valence-electron chi connectivity index (χ1n) is 6.00. The van der Waals surface area contributed by atoms with Crippen molar-refractivity contribution in [2.24, 2.45) is 0 Å². The Morgan fingerprint density at radius 3 is 2.10 bits per heavy atom. The molecule has 0 spiro atoms. The van der Waals surface area contributed by atoms with Crippen LogP contribution < -0.4 is 9.47 Å². The van der Waals surface area contributed by atoms with Crippen LogP contribution in [0.1, 0.15) is 11.1 Å². The second-order valence-electron chi connectivity index (χ2n) is 4.38. The van der Waals surface area contributed by atoms with Gasteiger partial charge in [0.1, 0.15) is 11.5 Å². The molecule has 2 rings (SSSR count). The van der Waals surface area contributed by atoms with Crippen molar-refractivity contribution < 1.29 is 27.0 Å². The molecule has 0 heterocycles. The molecule has 0 unspecified atom stereocenters. The van der Waals surface area contributed by atoms with E-state index in [0.29, 0.717) is 5.56 Å². The van der Waals surface area contributed by atoms with E-state index in [-0.39, 0.29) is 17.2 Å². The highest BCUT2D eigenvalue weighted by Crippen LogP contribution is 2.33. The predicted octanol–water partition coefficient (Wildman–Crippen LogP) is 4.95. The van der Waals surface area contributed by atoms with Crippen molar-refractivity contribution in [3.63, 3.8) is 0 Å². The summed E-state index contributed by atoms with van der Waals surface area (Å²) in [6.07, 6.45) is -4.39. The molecule has 0 saturated heterocycles. The maximum Gasteiger partial charge on any atom is 0.416 e. The molecule has 0 atom stereocenters. The summed E-state index contributed by atoms with van der Waals surface area (Å²) >= 11 is 0. The molecule has 0 amide bonds. The number of hydrogen-bond donors (Lipinski definition) is 0. The van der Waals surface area contributed by atoms with Crippen LogP contribution in [0.25, 0.3) is 0 Å². The molecule has 0 aromatic heterocycles. The molecule has 0 aliphatic rings. The van der Waals surface area contributed by atoms with Crippen LogP contribution in [0.3, 0.4) is 0 Å². The Morgan fingerprint density at radius 1 is 0.952 bits per heavy atom. The number of aryl methyl sites for hydroxylation is 1. The van der Waals surface area contributed by atoms with Gasteiger partial charge in [0.2, 0.25) is 0 Å². The Labute approximate surface area is 118 Å². The SMILES string of the molecule is COc1cc(Oc2ccc(C(F)(F)F)cc2)cc(C)c1F. The molecule has 21 heavy (non-hydrogen) atoms. The topological polar surface area (TPSA) is 18.5 Å². The number of benzene rings is 2. The Kier molecular flexibility index (Phi) is 4.06. The van der Waals surface area contributed by atoms with Gasteiger partial charge < -0.3 is 9.47 Å². The number of methoxy groups -OCH3 is 1. The lowest BCUT2D eigenvalue weighted by Crippen LogP contribution is -2.04. The number of alkyl halides is 3. The van der Waals surface area contributed by atoms with Crippen LogP contribution in [0.15, 0.2) is 36.4 Å². The van der Waals surface area contributed by atoms with Crippen molar-refractivity contribution in [2.45, 2.75) is 13.1 Å². The smallest absolute Gasteiger partial charge is 0.416 e. The van der Waals surface area contributed by atoms with Crippen molar-refractivity contribution in [1.82, 2.24) is 0 Å². The van der Waals surface area contributed by atoms with E-state index in [1.165, 1.54) is 38.3 Å². The minimum atomic E-state index is -4.39. The molecule has 0 radical (unpaired) electrons. The Morgan fingerprint density at radius 2 is 1.57 bits per heavy atom. The highest BCUT2D eigenvalue weighted by atomic mass is 19.4. The van der Waals surface area contributed by atoms with Gasteiger partial charge in [-0.25, -0.2) is 4.39 Å². The summed E-state index contributed by atoms with van der Waals surface area (Å²) in [5.74, 6) is 0.00995. The summed E-state index contributed by atoms with van der Waals surface area (Å²) in [5, 5.41) is 0. The van der Waals surface area contributed by atoms with Crippen LogP contribution in [0.4, 0.5) is 17.6 Å². The average Bonchev–Trinajstić information content (AvgIpc) is 2.42. The fourth-order valence-corrected chi connectivity index (χ4v) is 1.76. The first-order chi connectivity index (χ1) is 9.81. The standard InChI is InChI=1S/C15H12F4O2/c1-9-7-12(8-13(20-2)14(9)16)21-11-5-3-10(4-6-11)15(17,18)19/h3-8H,1-2H3. The van der Waals surface area contributed by atoms with Gasteiger partial charge in [-0.15, -0.1) is 0 Å². The molecular weight excluding hydrogens is 288 g/mol. The Balaban J connectivity index is 2.24. The lowest BCUT2D eigenvalue weighted by molar-refractivity contribution is -0.137. The van der Waals surface area contributed by atoms with E-state index in [4.69, 9.17) is 9.47 Å². The van der Waals surface area contributed by atoms with Gasteiger partial charge in [-0.05, 0) is 42.8 Å². The molecule has 2 nitrogen and oxygen atoms in total. The van der Waals surface area contributed by atoms with Gasteiger partial charge in [0.15, 0.2) is 11.6 Å². The molecule has 2 aromatic carbocycles.